The van der Waals surface area contributed by atoms with E-state index in [9.17, 15) is 14.0 Å². The van der Waals surface area contributed by atoms with Crippen LogP contribution in [0, 0.1) is 5.82 Å². The number of nitrogens with one attached hydrogen (secondary N) is 1. The number of para-hydroxylation sites is 1. The maximum atomic E-state index is 13.6. The Balaban J connectivity index is 1.91. The van der Waals surface area contributed by atoms with E-state index in [1.165, 1.54) is 23.9 Å². The first-order valence-electron chi connectivity index (χ1n) is 7.63. The predicted molar refractivity (Wildman–Crippen MR) is 88.7 cm³/mol. The van der Waals surface area contributed by atoms with Crippen LogP contribution in [0.3, 0.4) is 0 Å². The van der Waals surface area contributed by atoms with Crippen LogP contribution in [0.4, 0.5) is 10.1 Å². The summed E-state index contributed by atoms with van der Waals surface area (Å²) in [6.07, 6.45) is 0.986. The lowest BCUT2D eigenvalue weighted by atomic mass is 10.2. The second-order valence-electron chi connectivity index (χ2n) is 5.15. The van der Waals surface area contributed by atoms with E-state index in [2.05, 4.69) is 5.32 Å². The molecule has 1 aromatic carbocycles. The minimum atomic E-state index is -0.556. The van der Waals surface area contributed by atoms with Crippen molar-refractivity contribution in [2.24, 2.45) is 0 Å². The molecule has 2 amide bonds. The van der Waals surface area contributed by atoms with Gasteiger partial charge in [-0.15, -0.1) is 11.8 Å². The number of thioether (sulfide) groups is 1. The number of ether oxygens (including phenoxy) is 1. The number of hydrogen-bond acceptors (Lipinski definition) is 4. The van der Waals surface area contributed by atoms with E-state index in [-0.39, 0.29) is 17.5 Å². The number of amides is 2. The topological polar surface area (TPSA) is 58.6 Å². The third-order valence-electron chi connectivity index (χ3n) is 3.52. The third-order valence-corrected chi connectivity index (χ3v) is 4.53. The van der Waals surface area contributed by atoms with E-state index in [0.717, 1.165) is 0 Å². The number of anilines is 1. The zero-order chi connectivity index (χ0) is 16.7. The minimum Gasteiger partial charge on any atom is -0.382 e. The van der Waals surface area contributed by atoms with E-state index in [1.807, 2.05) is 6.92 Å². The van der Waals surface area contributed by atoms with E-state index in [0.29, 0.717) is 37.7 Å². The molecule has 1 fully saturated rings. The molecule has 126 valence electrons. The number of hydrogen-bond donors (Lipinski definition) is 1. The van der Waals surface area contributed by atoms with Crippen LogP contribution in [0.2, 0.25) is 0 Å². The number of halogens is 1. The van der Waals surface area contributed by atoms with Crippen molar-refractivity contribution in [2.45, 2.75) is 25.8 Å². The van der Waals surface area contributed by atoms with Gasteiger partial charge in [0, 0.05) is 25.4 Å². The molecule has 1 heterocycles. The SMILES string of the molecule is CCOCCCC(=O)N1CSC[C@@H]1C(=O)Nc1ccccc1F. The zero-order valence-corrected chi connectivity index (χ0v) is 13.9. The Bertz CT molecular complexity index is 556. The fraction of sp³-hybridized carbons (Fsp3) is 0.500. The number of carbonyl (C=O) groups excluding carboxylic acids is 2. The summed E-state index contributed by atoms with van der Waals surface area (Å²) in [5, 5.41) is 2.57. The van der Waals surface area contributed by atoms with E-state index in [1.54, 1.807) is 17.0 Å². The fourth-order valence-corrected chi connectivity index (χ4v) is 3.48. The molecule has 0 spiro atoms. The Morgan fingerprint density at radius 1 is 1.43 bits per heavy atom. The molecule has 0 unspecified atom stereocenters. The van der Waals surface area contributed by atoms with E-state index >= 15 is 0 Å². The van der Waals surface area contributed by atoms with Crippen molar-refractivity contribution in [3.05, 3.63) is 30.1 Å². The highest BCUT2D eigenvalue weighted by molar-refractivity contribution is 7.99. The van der Waals surface area contributed by atoms with Gasteiger partial charge in [-0.05, 0) is 25.5 Å². The Hall–Kier alpha value is -1.60. The van der Waals surface area contributed by atoms with Gasteiger partial charge in [0.05, 0.1) is 11.6 Å². The van der Waals surface area contributed by atoms with Gasteiger partial charge in [0.2, 0.25) is 11.8 Å². The zero-order valence-electron chi connectivity index (χ0n) is 13.1. The molecule has 0 radical (unpaired) electrons. The first-order valence-corrected chi connectivity index (χ1v) is 8.79. The average Bonchev–Trinajstić information content (AvgIpc) is 3.03. The van der Waals surface area contributed by atoms with Crippen molar-refractivity contribution in [3.8, 4) is 0 Å². The average molecular weight is 340 g/mol. The van der Waals surface area contributed by atoms with Gasteiger partial charge in [-0.2, -0.15) is 0 Å². The molecule has 1 aliphatic rings. The van der Waals surface area contributed by atoms with E-state index < -0.39 is 11.9 Å². The van der Waals surface area contributed by atoms with Crippen LogP contribution in [0.5, 0.6) is 0 Å². The van der Waals surface area contributed by atoms with Gasteiger partial charge in [0.25, 0.3) is 0 Å². The Labute approximate surface area is 139 Å². The van der Waals surface area contributed by atoms with Crippen LogP contribution < -0.4 is 5.32 Å². The molecule has 1 saturated heterocycles. The molecule has 1 aromatic rings. The molecule has 5 nitrogen and oxygen atoms in total. The molecule has 7 heteroatoms. The summed E-state index contributed by atoms with van der Waals surface area (Å²) < 4.78 is 18.8. The first kappa shape index (κ1) is 17.7. The summed E-state index contributed by atoms with van der Waals surface area (Å²) in [4.78, 5) is 26.2. The summed E-state index contributed by atoms with van der Waals surface area (Å²) in [5.41, 5.74) is 0.137. The van der Waals surface area contributed by atoms with Crippen molar-refractivity contribution in [1.82, 2.24) is 4.90 Å². The van der Waals surface area contributed by atoms with Crippen molar-refractivity contribution >= 4 is 29.3 Å². The molecule has 0 aliphatic carbocycles. The molecule has 1 N–H and O–H groups in total. The van der Waals surface area contributed by atoms with Crippen LogP contribution in [0.15, 0.2) is 24.3 Å². The summed E-state index contributed by atoms with van der Waals surface area (Å²) >= 11 is 1.52. The summed E-state index contributed by atoms with van der Waals surface area (Å²) in [6.45, 7) is 3.07. The quantitative estimate of drug-likeness (QED) is 0.775. The fourth-order valence-electron chi connectivity index (χ4n) is 2.30. The number of carbonyl (C=O) groups is 2. The highest BCUT2D eigenvalue weighted by Gasteiger charge is 2.34. The lowest BCUT2D eigenvalue weighted by Gasteiger charge is -2.23. The Morgan fingerprint density at radius 2 is 2.22 bits per heavy atom. The Morgan fingerprint density at radius 3 is 2.96 bits per heavy atom. The van der Waals surface area contributed by atoms with Crippen molar-refractivity contribution < 1.29 is 18.7 Å². The summed E-state index contributed by atoms with van der Waals surface area (Å²) in [7, 11) is 0. The molecule has 1 aliphatic heterocycles. The van der Waals surface area contributed by atoms with Crippen LogP contribution in [0.25, 0.3) is 0 Å². The number of rotatable bonds is 7. The molecular weight excluding hydrogens is 319 g/mol. The van der Waals surface area contributed by atoms with Gasteiger partial charge in [-0.3, -0.25) is 9.59 Å². The molecule has 23 heavy (non-hydrogen) atoms. The van der Waals surface area contributed by atoms with Crippen molar-refractivity contribution in [1.29, 1.82) is 0 Å². The minimum absolute atomic E-state index is 0.0663. The molecule has 0 saturated carbocycles. The second-order valence-corrected chi connectivity index (χ2v) is 6.15. The molecular formula is C16H21FN2O3S. The third kappa shape index (κ3) is 4.94. The normalized spacial score (nSPS) is 17.3. The van der Waals surface area contributed by atoms with Gasteiger partial charge in [0.15, 0.2) is 0 Å². The lowest BCUT2D eigenvalue weighted by molar-refractivity contribution is -0.136. The van der Waals surface area contributed by atoms with Gasteiger partial charge in [0.1, 0.15) is 11.9 Å². The van der Waals surface area contributed by atoms with Crippen LogP contribution in [-0.4, -0.2) is 47.6 Å². The number of benzene rings is 1. The molecule has 2 rings (SSSR count). The molecule has 0 bridgehead atoms. The first-order chi connectivity index (χ1) is 11.1. The van der Waals surface area contributed by atoms with Gasteiger partial charge >= 0.3 is 0 Å². The van der Waals surface area contributed by atoms with Gasteiger partial charge < -0.3 is 15.0 Å². The number of nitrogens with zero attached hydrogens (tertiary/aromatic N) is 1. The van der Waals surface area contributed by atoms with Gasteiger partial charge in [-0.1, -0.05) is 12.1 Å². The predicted octanol–water partition coefficient (Wildman–Crippen LogP) is 2.48. The second kappa shape index (κ2) is 8.88. The standard InChI is InChI=1S/C16H21FN2O3S/c1-2-22-9-5-8-15(20)19-11-23-10-14(19)16(21)18-13-7-4-3-6-12(13)17/h3-4,6-7,14H,2,5,8-11H2,1H3,(H,18,21)/t14-/m1/s1. The molecule has 0 aromatic heterocycles. The maximum absolute atomic E-state index is 13.6. The van der Waals surface area contributed by atoms with Crippen LogP contribution in [-0.2, 0) is 14.3 Å². The summed E-state index contributed by atoms with van der Waals surface area (Å²) in [5.74, 6) is 0.114. The monoisotopic (exact) mass is 340 g/mol. The van der Waals surface area contributed by atoms with Gasteiger partial charge in [-0.25, -0.2) is 4.39 Å². The lowest BCUT2D eigenvalue weighted by Crippen LogP contribution is -2.44. The van der Waals surface area contributed by atoms with E-state index in [4.69, 9.17) is 4.74 Å². The highest BCUT2D eigenvalue weighted by Crippen LogP contribution is 2.24. The van der Waals surface area contributed by atoms with Crippen LogP contribution in [0.1, 0.15) is 19.8 Å². The smallest absolute Gasteiger partial charge is 0.248 e. The van der Waals surface area contributed by atoms with Crippen molar-refractivity contribution in [2.75, 3.05) is 30.2 Å². The summed E-state index contributed by atoms with van der Waals surface area (Å²) in [6, 6.07) is 5.45. The largest absolute Gasteiger partial charge is 0.382 e. The van der Waals surface area contributed by atoms with Crippen LogP contribution >= 0.6 is 11.8 Å². The maximum Gasteiger partial charge on any atom is 0.248 e. The Kier molecular flexibility index (Phi) is 6.85. The molecule has 1 atom stereocenters. The van der Waals surface area contributed by atoms with Crippen molar-refractivity contribution in [3.63, 3.8) is 0 Å². The highest BCUT2D eigenvalue weighted by atomic mass is 32.2.